The number of Topliss-reactive ketones (excluding diaryl/α,β-unsaturated/α-hetero) is 1. The van der Waals surface area contributed by atoms with Crippen molar-refractivity contribution in [3.63, 3.8) is 0 Å². The number of hydrogen-bond acceptors (Lipinski definition) is 4. The smallest absolute Gasteiger partial charge is 0.148 e. The van der Waals surface area contributed by atoms with Crippen LogP contribution < -0.4 is 5.32 Å². The minimum Gasteiger partial charge on any atom is -0.395 e. The van der Waals surface area contributed by atoms with Gasteiger partial charge in [0.05, 0.1) is 13.2 Å². The molecule has 0 radical (unpaired) electrons. The van der Waals surface area contributed by atoms with E-state index >= 15 is 0 Å². The fraction of sp³-hybridized carbons (Fsp3) is 0.909. The Balaban J connectivity index is 2.24. The summed E-state index contributed by atoms with van der Waals surface area (Å²) in [4.78, 5) is 13.3. The van der Waals surface area contributed by atoms with Gasteiger partial charge >= 0.3 is 0 Å². The third-order valence-electron chi connectivity index (χ3n) is 2.94. The molecule has 1 unspecified atom stereocenters. The van der Waals surface area contributed by atoms with Gasteiger partial charge in [0, 0.05) is 25.0 Å². The summed E-state index contributed by atoms with van der Waals surface area (Å²) < 4.78 is 0. The average molecular weight is 214 g/mol. The highest BCUT2D eigenvalue weighted by Gasteiger charge is 2.21. The molecule has 1 aliphatic rings. The fourth-order valence-corrected chi connectivity index (χ4v) is 1.96. The maximum absolute atomic E-state index is 11.0. The second kappa shape index (κ2) is 6.20. The minimum absolute atomic E-state index is 0.204. The zero-order valence-electron chi connectivity index (χ0n) is 9.70. The van der Waals surface area contributed by atoms with Gasteiger partial charge < -0.3 is 10.4 Å². The van der Waals surface area contributed by atoms with E-state index in [4.69, 9.17) is 5.11 Å². The predicted octanol–water partition coefficient (Wildman–Crippen LogP) is 0.0102. The highest BCUT2D eigenvalue weighted by atomic mass is 16.3. The molecule has 88 valence electrons. The average Bonchev–Trinajstić information content (AvgIpc) is 2.58. The first-order valence-corrected chi connectivity index (χ1v) is 5.73. The molecule has 0 amide bonds. The minimum atomic E-state index is 0.204. The van der Waals surface area contributed by atoms with Gasteiger partial charge in [-0.15, -0.1) is 0 Å². The molecule has 1 aliphatic heterocycles. The molecule has 1 atom stereocenters. The van der Waals surface area contributed by atoms with E-state index in [0.717, 1.165) is 19.5 Å². The highest BCUT2D eigenvalue weighted by molar-refractivity contribution is 5.83. The zero-order chi connectivity index (χ0) is 11.3. The Morgan fingerprint density at radius 1 is 1.53 bits per heavy atom. The number of ketones is 1. The molecule has 0 aliphatic carbocycles. The number of carbonyl (C=O) groups excluding carboxylic acids is 1. The van der Waals surface area contributed by atoms with E-state index in [2.05, 4.69) is 24.1 Å². The first-order valence-electron chi connectivity index (χ1n) is 5.73. The second-order valence-electron chi connectivity index (χ2n) is 4.46. The molecule has 1 fully saturated rings. The molecular formula is C11H22N2O2. The highest BCUT2D eigenvalue weighted by Crippen LogP contribution is 2.08. The largest absolute Gasteiger partial charge is 0.395 e. The molecule has 0 bridgehead atoms. The number of nitrogens with one attached hydrogen (secondary N) is 1. The molecule has 4 heteroatoms. The monoisotopic (exact) mass is 214 g/mol. The van der Waals surface area contributed by atoms with E-state index < -0.39 is 0 Å². The molecule has 4 nitrogen and oxygen atoms in total. The predicted molar refractivity (Wildman–Crippen MR) is 59.8 cm³/mol. The van der Waals surface area contributed by atoms with Crippen LogP contribution in [0.15, 0.2) is 0 Å². The van der Waals surface area contributed by atoms with E-state index in [9.17, 15) is 4.79 Å². The molecular weight excluding hydrogens is 192 g/mol. The molecule has 1 rings (SSSR count). The summed E-state index contributed by atoms with van der Waals surface area (Å²) in [6.45, 7) is 6.66. The lowest BCUT2D eigenvalue weighted by Gasteiger charge is -2.26. The van der Waals surface area contributed by atoms with Gasteiger partial charge in [0.25, 0.3) is 0 Å². The number of carbonyl (C=O) groups is 1. The Bertz CT molecular complexity index is 207. The van der Waals surface area contributed by atoms with Crippen LogP contribution in [-0.2, 0) is 4.79 Å². The van der Waals surface area contributed by atoms with Crippen LogP contribution in [0.25, 0.3) is 0 Å². The molecule has 0 spiro atoms. The Labute approximate surface area is 91.6 Å². The maximum Gasteiger partial charge on any atom is 0.148 e. The van der Waals surface area contributed by atoms with Gasteiger partial charge in [0.2, 0.25) is 0 Å². The van der Waals surface area contributed by atoms with Crippen molar-refractivity contribution in [2.75, 3.05) is 26.2 Å². The second-order valence-corrected chi connectivity index (χ2v) is 4.46. The van der Waals surface area contributed by atoms with Gasteiger partial charge in [0.15, 0.2) is 0 Å². The summed E-state index contributed by atoms with van der Waals surface area (Å²) in [6, 6.07) is 0.798. The molecule has 0 saturated carbocycles. The number of hydrogen-bond donors (Lipinski definition) is 2. The molecule has 15 heavy (non-hydrogen) atoms. The topological polar surface area (TPSA) is 52.6 Å². The maximum atomic E-state index is 11.0. The van der Waals surface area contributed by atoms with Crippen LogP contribution in [0.3, 0.4) is 0 Å². The number of rotatable bonds is 6. The quantitative estimate of drug-likeness (QED) is 0.654. The molecule has 1 heterocycles. The van der Waals surface area contributed by atoms with Crippen LogP contribution >= 0.6 is 0 Å². The van der Waals surface area contributed by atoms with Crippen LogP contribution in [0, 0.1) is 0 Å². The number of nitrogens with zero attached hydrogens (tertiary/aromatic N) is 1. The SMILES string of the molecule is CC(C)N(CCO)CCC1CC(=O)CN1. The Hall–Kier alpha value is -0.450. The lowest BCUT2D eigenvalue weighted by Crippen LogP contribution is -2.37. The third-order valence-corrected chi connectivity index (χ3v) is 2.94. The van der Waals surface area contributed by atoms with Crippen LogP contribution in [-0.4, -0.2) is 54.1 Å². The van der Waals surface area contributed by atoms with Crippen molar-refractivity contribution in [2.45, 2.75) is 38.8 Å². The van der Waals surface area contributed by atoms with E-state index in [1.807, 2.05) is 0 Å². The van der Waals surface area contributed by atoms with E-state index in [1.54, 1.807) is 0 Å². The van der Waals surface area contributed by atoms with Crippen molar-refractivity contribution in [3.05, 3.63) is 0 Å². The molecule has 1 saturated heterocycles. The van der Waals surface area contributed by atoms with Gasteiger partial charge in [-0.1, -0.05) is 0 Å². The molecule has 0 aromatic heterocycles. The van der Waals surface area contributed by atoms with E-state index in [-0.39, 0.29) is 6.61 Å². The first kappa shape index (κ1) is 12.6. The van der Waals surface area contributed by atoms with Crippen LogP contribution in [0.1, 0.15) is 26.7 Å². The summed E-state index contributed by atoms with van der Waals surface area (Å²) in [5.74, 6) is 0.318. The van der Waals surface area contributed by atoms with Crippen molar-refractivity contribution in [1.82, 2.24) is 10.2 Å². The van der Waals surface area contributed by atoms with Gasteiger partial charge in [-0.05, 0) is 26.8 Å². The van der Waals surface area contributed by atoms with Crippen molar-refractivity contribution >= 4 is 5.78 Å². The number of aliphatic hydroxyl groups excluding tert-OH is 1. The van der Waals surface area contributed by atoms with Crippen LogP contribution in [0.4, 0.5) is 0 Å². The van der Waals surface area contributed by atoms with Crippen molar-refractivity contribution in [1.29, 1.82) is 0 Å². The normalized spacial score (nSPS) is 21.9. The summed E-state index contributed by atoms with van der Waals surface area (Å²) >= 11 is 0. The van der Waals surface area contributed by atoms with Crippen molar-refractivity contribution in [3.8, 4) is 0 Å². The third kappa shape index (κ3) is 4.28. The molecule has 2 N–H and O–H groups in total. The van der Waals surface area contributed by atoms with Gasteiger partial charge in [-0.3, -0.25) is 9.69 Å². The molecule has 0 aromatic rings. The van der Waals surface area contributed by atoms with Crippen LogP contribution in [0.5, 0.6) is 0 Å². The van der Waals surface area contributed by atoms with Crippen molar-refractivity contribution < 1.29 is 9.90 Å². The van der Waals surface area contributed by atoms with Gasteiger partial charge in [0.1, 0.15) is 5.78 Å². The Morgan fingerprint density at radius 3 is 2.73 bits per heavy atom. The summed E-state index contributed by atoms with van der Waals surface area (Å²) in [6.07, 6.45) is 1.66. The summed E-state index contributed by atoms with van der Waals surface area (Å²) in [5.41, 5.74) is 0. The first-order chi connectivity index (χ1) is 7.13. The van der Waals surface area contributed by atoms with E-state index in [1.165, 1.54) is 0 Å². The zero-order valence-corrected chi connectivity index (χ0v) is 9.70. The van der Waals surface area contributed by atoms with Crippen molar-refractivity contribution in [2.24, 2.45) is 0 Å². The van der Waals surface area contributed by atoms with E-state index in [0.29, 0.717) is 30.8 Å². The van der Waals surface area contributed by atoms with Gasteiger partial charge in [-0.2, -0.15) is 0 Å². The summed E-state index contributed by atoms with van der Waals surface area (Å²) in [7, 11) is 0. The molecule has 0 aromatic carbocycles. The lowest BCUT2D eigenvalue weighted by molar-refractivity contribution is -0.116. The Morgan fingerprint density at radius 2 is 2.27 bits per heavy atom. The summed E-state index contributed by atoms with van der Waals surface area (Å²) in [5, 5.41) is 12.1. The van der Waals surface area contributed by atoms with Crippen LogP contribution in [0.2, 0.25) is 0 Å². The lowest BCUT2D eigenvalue weighted by atomic mass is 10.1. The standard InChI is InChI=1S/C11H22N2O2/c1-9(2)13(5-6-14)4-3-10-7-11(15)8-12-10/h9-10,12,14H,3-8H2,1-2H3. The number of aliphatic hydroxyl groups is 1. The van der Waals surface area contributed by atoms with Gasteiger partial charge in [-0.25, -0.2) is 0 Å². The Kier molecular flexibility index (Phi) is 5.22. The fourth-order valence-electron chi connectivity index (χ4n) is 1.96.